The van der Waals surface area contributed by atoms with Crippen molar-refractivity contribution in [3.63, 3.8) is 0 Å². The minimum Gasteiger partial charge on any atom is -0.465 e. The molecule has 1 unspecified atom stereocenters. The zero-order valence-electron chi connectivity index (χ0n) is 12.2. The molecule has 1 saturated heterocycles. The van der Waals surface area contributed by atoms with Crippen LogP contribution in [-0.4, -0.2) is 77.0 Å². The zero-order valence-corrected chi connectivity index (χ0v) is 12.2. The first-order chi connectivity index (χ1) is 10.5. The van der Waals surface area contributed by atoms with Gasteiger partial charge in [-0.15, -0.1) is 0 Å². The lowest BCUT2D eigenvalue weighted by Crippen LogP contribution is -2.57. The Morgan fingerprint density at radius 3 is 2.32 bits per heavy atom. The molecule has 3 rings (SSSR count). The highest BCUT2D eigenvalue weighted by atomic mass is 16.4. The molecule has 2 aliphatic heterocycles. The number of hydrogen-bond donors (Lipinski definition) is 1. The largest absolute Gasteiger partial charge is 0.465 e. The average molecular weight is 303 g/mol. The highest BCUT2D eigenvalue weighted by Gasteiger charge is 2.38. The Morgan fingerprint density at radius 1 is 1.18 bits per heavy atom. The van der Waals surface area contributed by atoms with Gasteiger partial charge in [-0.25, -0.2) is 4.79 Å². The summed E-state index contributed by atoms with van der Waals surface area (Å²) < 4.78 is 0. The molecule has 1 aromatic carbocycles. The van der Waals surface area contributed by atoms with Crippen LogP contribution in [0.2, 0.25) is 0 Å². The third-order valence-electron chi connectivity index (χ3n) is 4.32. The van der Waals surface area contributed by atoms with Gasteiger partial charge in [-0.3, -0.25) is 19.4 Å². The molecule has 2 aliphatic rings. The second kappa shape index (κ2) is 5.42. The molecular formula is C15H17N3O4. The molecule has 0 spiro atoms. The summed E-state index contributed by atoms with van der Waals surface area (Å²) in [6, 6.07) is 6.55. The van der Waals surface area contributed by atoms with Gasteiger partial charge in [0.05, 0.1) is 11.1 Å². The molecule has 1 aromatic rings. The average Bonchev–Trinajstić information content (AvgIpc) is 2.74. The van der Waals surface area contributed by atoms with Crippen molar-refractivity contribution in [2.75, 3.05) is 33.2 Å². The van der Waals surface area contributed by atoms with Crippen LogP contribution in [0.4, 0.5) is 4.79 Å². The summed E-state index contributed by atoms with van der Waals surface area (Å²) in [5.41, 5.74) is 0.835. The fourth-order valence-electron chi connectivity index (χ4n) is 2.93. The van der Waals surface area contributed by atoms with Gasteiger partial charge in [0.2, 0.25) is 0 Å². The Labute approximate surface area is 127 Å². The number of carboxylic acid groups (broad SMARTS) is 1. The van der Waals surface area contributed by atoms with E-state index in [9.17, 15) is 14.4 Å². The van der Waals surface area contributed by atoms with Gasteiger partial charge < -0.3 is 10.0 Å². The maximum Gasteiger partial charge on any atom is 0.407 e. The number of carbonyl (C=O) groups excluding carboxylic acids is 2. The highest BCUT2D eigenvalue weighted by molar-refractivity contribution is 6.21. The summed E-state index contributed by atoms with van der Waals surface area (Å²) in [5.74, 6) is -0.608. The van der Waals surface area contributed by atoms with Crippen molar-refractivity contribution in [3.8, 4) is 0 Å². The second-order valence-electron chi connectivity index (χ2n) is 5.63. The van der Waals surface area contributed by atoms with Crippen LogP contribution in [0.15, 0.2) is 24.3 Å². The number of piperazine rings is 1. The summed E-state index contributed by atoms with van der Waals surface area (Å²) in [7, 11) is 1.88. The molecule has 0 aromatic heterocycles. The molecule has 3 amide bonds. The van der Waals surface area contributed by atoms with Gasteiger partial charge in [0.25, 0.3) is 11.8 Å². The third-order valence-corrected chi connectivity index (χ3v) is 4.32. The van der Waals surface area contributed by atoms with Crippen LogP contribution < -0.4 is 0 Å². The van der Waals surface area contributed by atoms with Crippen molar-refractivity contribution in [2.45, 2.75) is 6.04 Å². The maximum absolute atomic E-state index is 12.4. The number of fused-ring (bicyclic) bond motifs is 1. The van der Waals surface area contributed by atoms with E-state index in [0.717, 1.165) is 0 Å². The molecule has 22 heavy (non-hydrogen) atoms. The third kappa shape index (κ3) is 2.33. The number of likely N-dealkylation sites (N-methyl/N-ethyl adjacent to an activating group) is 1. The number of benzene rings is 1. The zero-order chi connectivity index (χ0) is 15.9. The minimum absolute atomic E-state index is 0.188. The number of nitrogens with zero attached hydrogens (tertiary/aromatic N) is 3. The summed E-state index contributed by atoms with van der Waals surface area (Å²) in [4.78, 5) is 40.4. The van der Waals surface area contributed by atoms with Crippen LogP contribution in [0.25, 0.3) is 0 Å². The van der Waals surface area contributed by atoms with Crippen molar-refractivity contribution < 1.29 is 19.5 Å². The Bertz CT molecular complexity index is 610. The van der Waals surface area contributed by atoms with Crippen molar-refractivity contribution in [3.05, 3.63) is 35.4 Å². The smallest absolute Gasteiger partial charge is 0.407 e. The van der Waals surface area contributed by atoms with Crippen LogP contribution in [-0.2, 0) is 0 Å². The topological polar surface area (TPSA) is 81.2 Å². The predicted octanol–water partition coefficient (Wildman–Crippen LogP) is 0.577. The number of hydrogen-bond acceptors (Lipinski definition) is 4. The second-order valence-corrected chi connectivity index (χ2v) is 5.63. The van der Waals surface area contributed by atoms with Crippen molar-refractivity contribution in [2.24, 2.45) is 0 Å². The predicted molar refractivity (Wildman–Crippen MR) is 77.8 cm³/mol. The van der Waals surface area contributed by atoms with E-state index in [1.54, 1.807) is 24.3 Å². The fourth-order valence-corrected chi connectivity index (χ4v) is 2.93. The van der Waals surface area contributed by atoms with Gasteiger partial charge in [-0.1, -0.05) is 12.1 Å². The molecule has 0 aliphatic carbocycles. The lowest BCUT2D eigenvalue weighted by atomic mass is 10.1. The summed E-state index contributed by atoms with van der Waals surface area (Å²) in [5, 5.41) is 9.11. The molecule has 0 bridgehead atoms. The Kier molecular flexibility index (Phi) is 3.58. The van der Waals surface area contributed by atoms with Gasteiger partial charge in [-0.2, -0.15) is 0 Å². The number of rotatable bonds is 2. The standard InChI is InChI=1S/C15H17N3O4/c1-16-6-7-17(15(21)22)8-10(16)9-18-13(19)11-4-2-3-5-12(11)14(18)20/h2-5,10H,6-9H2,1H3,(H,21,22). The van der Waals surface area contributed by atoms with Crippen molar-refractivity contribution in [1.29, 1.82) is 0 Å². The number of amides is 3. The van der Waals surface area contributed by atoms with Crippen molar-refractivity contribution in [1.82, 2.24) is 14.7 Å². The molecule has 7 nitrogen and oxygen atoms in total. The van der Waals surface area contributed by atoms with Crippen LogP contribution in [0, 0.1) is 0 Å². The lowest BCUT2D eigenvalue weighted by molar-refractivity contribution is 0.0487. The van der Waals surface area contributed by atoms with Crippen LogP contribution in [0.1, 0.15) is 20.7 Å². The minimum atomic E-state index is -0.972. The molecule has 7 heteroatoms. The first-order valence-corrected chi connectivity index (χ1v) is 7.12. The Hall–Kier alpha value is -2.41. The SMILES string of the molecule is CN1CCN(C(=O)O)CC1CN1C(=O)c2ccccc2C1=O. The fraction of sp³-hybridized carbons (Fsp3) is 0.400. The normalized spacial score (nSPS) is 22.1. The van der Waals surface area contributed by atoms with E-state index in [1.807, 2.05) is 11.9 Å². The van der Waals surface area contributed by atoms with E-state index in [1.165, 1.54) is 9.80 Å². The number of carbonyl (C=O) groups is 3. The first-order valence-electron chi connectivity index (χ1n) is 7.12. The van der Waals surface area contributed by atoms with E-state index in [2.05, 4.69) is 0 Å². The van der Waals surface area contributed by atoms with Gasteiger partial charge in [0.15, 0.2) is 0 Å². The van der Waals surface area contributed by atoms with Gasteiger partial charge >= 0.3 is 6.09 Å². The van der Waals surface area contributed by atoms with E-state index in [0.29, 0.717) is 30.8 Å². The monoisotopic (exact) mass is 303 g/mol. The summed E-state index contributed by atoms with van der Waals surface area (Å²) >= 11 is 0. The Balaban J connectivity index is 1.77. The molecule has 2 heterocycles. The molecule has 0 radical (unpaired) electrons. The molecular weight excluding hydrogens is 286 g/mol. The Morgan fingerprint density at radius 2 is 1.77 bits per heavy atom. The van der Waals surface area contributed by atoms with Crippen LogP contribution in [0.5, 0.6) is 0 Å². The molecule has 1 N–H and O–H groups in total. The van der Waals surface area contributed by atoms with E-state index >= 15 is 0 Å². The molecule has 1 atom stereocenters. The first kappa shape index (κ1) is 14.5. The van der Waals surface area contributed by atoms with Gasteiger partial charge in [-0.05, 0) is 19.2 Å². The summed E-state index contributed by atoms with van der Waals surface area (Å²) in [6.07, 6.45) is -0.972. The van der Waals surface area contributed by atoms with Crippen LogP contribution >= 0.6 is 0 Å². The van der Waals surface area contributed by atoms with E-state index in [-0.39, 0.29) is 24.4 Å². The van der Waals surface area contributed by atoms with E-state index < -0.39 is 6.09 Å². The van der Waals surface area contributed by atoms with Gasteiger partial charge in [0, 0.05) is 32.2 Å². The van der Waals surface area contributed by atoms with Gasteiger partial charge in [0.1, 0.15) is 0 Å². The molecule has 1 fully saturated rings. The maximum atomic E-state index is 12.4. The quantitative estimate of drug-likeness (QED) is 0.808. The summed E-state index contributed by atoms with van der Waals surface area (Å²) in [6.45, 7) is 1.51. The van der Waals surface area contributed by atoms with Crippen molar-refractivity contribution >= 4 is 17.9 Å². The number of imide groups is 1. The molecule has 116 valence electrons. The molecule has 0 saturated carbocycles. The van der Waals surface area contributed by atoms with Crippen LogP contribution in [0.3, 0.4) is 0 Å². The highest BCUT2D eigenvalue weighted by Crippen LogP contribution is 2.23. The lowest BCUT2D eigenvalue weighted by Gasteiger charge is -2.39. The van der Waals surface area contributed by atoms with E-state index in [4.69, 9.17) is 5.11 Å².